The van der Waals surface area contributed by atoms with Crippen molar-refractivity contribution in [1.82, 2.24) is 5.32 Å². The van der Waals surface area contributed by atoms with E-state index in [9.17, 15) is 0 Å². The van der Waals surface area contributed by atoms with Crippen LogP contribution < -0.4 is 10.1 Å². The van der Waals surface area contributed by atoms with Gasteiger partial charge < -0.3 is 14.5 Å². The van der Waals surface area contributed by atoms with Crippen LogP contribution in [0.3, 0.4) is 0 Å². The van der Waals surface area contributed by atoms with Crippen LogP contribution >= 0.6 is 0 Å². The molecule has 108 valence electrons. The molecule has 1 N–H and O–H groups in total. The molecule has 2 aromatic rings. The number of benzene rings is 1. The van der Waals surface area contributed by atoms with Crippen LogP contribution in [-0.4, -0.2) is 6.54 Å². The highest BCUT2D eigenvalue weighted by Gasteiger charge is 2.09. The molecular weight excluding hydrogens is 250 g/mol. The van der Waals surface area contributed by atoms with Gasteiger partial charge in [-0.05, 0) is 56.1 Å². The van der Waals surface area contributed by atoms with Gasteiger partial charge in [-0.2, -0.15) is 0 Å². The zero-order valence-electron chi connectivity index (χ0n) is 12.7. The molecule has 2 rings (SSSR count). The second-order valence-electron chi connectivity index (χ2n) is 5.09. The Bertz CT molecular complexity index is 572. The molecule has 0 unspecified atom stereocenters. The zero-order chi connectivity index (χ0) is 14.5. The topological polar surface area (TPSA) is 34.4 Å². The van der Waals surface area contributed by atoms with Crippen molar-refractivity contribution in [3.63, 3.8) is 0 Å². The van der Waals surface area contributed by atoms with E-state index in [4.69, 9.17) is 9.15 Å². The van der Waals surface area contributed by atoms with Crippen LogP contribution in [0, 0.1) is 20.8 Å². The summed E-state index contributed by atoms with van der Waals surface area (Å²) in [4.78, 5) is 0. The lowest BCUT2D eigenvalue weighted by Crippen LogP contribution is -2.11. The summed E-state index contributed by atoms with van der Waals surface area (Å²) in [5, 5.41) is 3.27. The van der Waals surface area contributed by atoms with Crippen molar-refractivity contribution in [3.05, 3.63) is 52.5 Å². The van der Waals surface area contributed by atoms with E-state index in [1.54, 1.807) is 0 Å². The lowest BCUT2D eigenvalue weighted by Gasteiger charge is -2.09. The van der Waals surface area contributed by atoms with Crippen molar-refractivity contribution in [2.24, 2.45) is 0 Å². The molecule has 0 bridgehead atoms. The Balaban J connectivity index is 2.02. The fraction of sp³-hybridized carbons (Fsp3) is 0.412. The lowest BCUT2D eigenvalue weighted by molar-refractivity contribution is 0.263. The Morgan fingerprint density at radius 2 is 1.95 bits per heavy atom. The minimum Gasteiger partial charge on any atom is -0.485 e. The Hall–Kier alpha value is -1.74. The van der Waals surface area contributed by atoms with E-state index in [1.807, 2.05) is 12.1 Å². The van der Waals surface area contributed by atoms with E-state index in [-0.39, 0.29) is 0 Å². The Morgan fingerprint density at radius 3 is 2.70 bits per heavy atom. The largest absolute Gasteiger partial charge is 0.485 e. The smallest absolute Gasteiger partial charge is 0.146 e. The molecule has 3 nitrogen and oxygen atoms in total. The molecule has 0 atom stereocenters. The summed E-state index contributed by atoms with van der Waals surface area (Å²) in [5.74, 6) is 2.79. The second kappa shape index (κ2) is 6.62. The molecule has 1 heterocycles. The number of hydrogen-bond acceptors (Lipinski definition) is 3. The molecule has 0 aliphatic rings. The van der Waals surface area contributed by atoms with Gasteiger partial charge in [0.15, 0.2) is 0 Å². The molecule has 0 aliphatic heterocycles. The third kappa shape index (κ3) is 3.42. The number of aryl methyl sites for hydroxylation is 2. The van der Waals surface area contributed by atoms with Crippen LogP contribution in [0.2, 0.25) is 0 Å². The molecule has 3 heteroatoms. The summed E-state index contributed by atoms with van der Waals surface area (Å²) in [6, 6.07) is 8.16. The van der Waals surface area contributed by atoms with E-state index in [0.717, 1.165) is 30.4 Å². The summed E-state index contributed by atoms with van der Waals surface area (Å²) in [6.07, 6.45) is 0. The van der Waals surface area contributed by atoms with Crippen LogP contribution in [0.5, 0.6) is 5.75 Å². The molecule has 1 aromatic carbocycles. The summed E-state index contributed by atoms with van der Waals surface area (Å²) in [6.45, 7) is 10.5. The van der Waals surface area contributed by atoms with Crippen molar-refractivity contribution in [1.29, 1.82) is 0 Å². The lowest BCUT2D eigenvalue weighted by atomic mass is 10.1. The molecule has 0 amide bonds. The average Bonchev–Trinajstić information content (AvgIpc) is 2.78. The Kier molecular flexibility index (Phi) is 4.85. The van der Waals surface area contributed by atoms with Crippen LogP contribution in [0.1, 0.15) is 35.1 Å². The number of ether oxygens (including phenoxy) is 1. The standard InChI is InChI=1S/C17H23NO2/c1-5-18-10-17-13(3)9-15(20-17)11-19-16-8-6-7-12(2)14(16)4/h6-9,18H,5,10-11H2,1-4H3. The number of nitrogens with one attached hydrogen (secondary N) is 1. The zero-order valence-corrected chi connectivity index (χ0v) is 12.7. The maximum Gasteiger partial charge on any atom is 0.146 e. The van der Waals surface area contributed by atoms with E-state index in [0.29, 0.717) is 6.61 Å². The Labute approximate surface area is 121 Å². The minimum absolute atomic E-state index is 0.470. The van der Waals surface area contributed by atoms with Gasteiger partial charge in [0.25, 0.3) is 0 Å². The van der Waals surface area contributed by atoms with Crippen molar-refractivity contribution >= 4 is 0 Å². The third-order valence-electron chi connectivity index (χ3n) is 3.53. The van der Waals surface area contributed by atoms with E-state index < -0.39 is 0 Å². The fourth-order valence-corrected chi connectivity index (χ4v) is 2.10. The highest BCUT2D eigenvalue weighted by Crippen LogP contribution is 2.23. The summed E-state index contributed by atoms with van der Waals surface area (Å²) in [7, 11) is 0. The van der Waals surface area contributed by atoms with Gasteiger partial charge in [0.1, 0.15) is 23.9 Å². The van der Waals surface area contributed by atoms with Gasteiger partial charge >= 0.3 is 0 Å². The Morgan fingerprint density at radius 1 is 1.15 bits per heavy atom. The van der Waals surface area contributed by atoms with Gasteiger partial charge in [0, 0.05) is 0 Å². The van der Waals surface area contributed by atoms with E-state index in [2.05, 4.69) is 45.1 Å². The molecule has 0 saturated heterocycles. The van der Waals surface area contributed by atoms with Crippen molar-refractivity contribution < 1.29 is 9.15 Å². The van der Waals surface area contributed by atoms with E-state index >= 15 is 0 Å². The number of rotatable bonds is 6. The molecule has 20 heavy (non-hydrogen) atoms. The number of hydrogen-bond donors (Lipinski definition) is 1. The van der Waals surface area contributed by atoms with Gasteiger partial charge in [0.05, 0.1) is 6.54 Å². The van der Waals surface area contributed by atoms with Crippen molar-refractivity contribution in [2.75, 3.05) is 6.54 Å². The normalized spacial score (nSPS) is 10.8. The van der Waals surface area contributed by atoms with Crippen LogP contribution in [0.25, 0.3) is 0 Å². The fourth-order valence-electron chi connectivity index (χ4n) is 2.10. The monoisotopic (exact) mass is 273 g/mol. The quantitative estimate of drug-likeness (QED) is 0.867. The van der Waals surface area contributed by atoms with Crippen LogP contribution in [0.4, 0.5) is 0 Å². The van der Waals surface area contributed by atoms with Gasteiger partial charge in [-0.3, -0.25) is 0 Å². The molecule has 0 radical (unpaired) electrons. The maximum absolute atomic E-state index is 5.86. The first-order valence-corrected chi connectivity index (χ1v) is 7.09. The van der Waals surface area contributed by atoms with E-state index in [1.165, 1.54) is 16.7 Å². The minimum atomic E-state index is 0.470. The predicted octanol–water partition coefficient (Wildman–Crippen LogP) is 3.89. The first-order valence-electron chi connectivity index (χ1n) is 7.09. The SMILES string of the molecule is CCNCc1oc(COc2cccc(C)c2C)cc1C. The van der Waals surface area contributed by atoms with Gasteiger partial charge in [0.2, 0.25) is 0 Å². The predicted molar refractivity (Wildman–Crippen MR) is 81.1 cm³/mol. The summed E-state index contributed by atoms with van der Waals surface area (Å²) in [5.41, 5.74) is 3.60. The molecular formula is C17H23NO2. The number of furan rings is 1. The maximum atomic E-state index is 5.86. The highest BCUT2D eigenvalue weighted by molar-refractivity contribution is 5.38. The molecule has 1 aromatic heterocycles. The first kappa shape index (κ1) is 14.7. The third-order valence-corrected chi connectivity index (χ3v) is 3.53. The van der Waals surface area contributed by atoms with Gasteiger partial charge in [-0.1, -0.05) is 19.1 Å². The van der Waals surface area contributed by atoms with Gasteiger partial charge in [-0.25, -0.2) is 0 Å². The molecule has 0 fully saturated rings. The van der Waals surface area contributed by atoms with Crippen LogP contribution in [0.15, 0.2) is 28.7 Å². The molecule has 0 spiro atoms. The van der Waals surface area contributed by atoms with Gasteiger partial charge in [-0.15, -0.1) is 0 Å². The summed E-state index contributed by atoms with van der Waals surface area (Å²) < 4.78 is 11.7. The molecule has 0 saturated carbocycles. The average molecular weight is 273 g/mol. The second-order valence-corrected chi connectivity index (χ2v) is 5.09. The molecule has 0 aliphatic carbocycles. The van der Waals surface area contributed by atoms with Crippen molar-refractivity contribution in [2.45, 2.75) is 40.8 Å². The highest BCUT2D eigenvalue weighted by atomic mass is 16.5. The van der Waals surface area contributed by atoms with Crippen LogP contribution in [-0.2, 0) is 13.2 Å². The summed E-state index contributed by atoms with van der Waals surface area (Å²) >= 11 is 0. The first-order chi connectivity index (χ1) is 9.61. The van der Waals surface area contributed by atoms with Crippen molar-refractivity contribution in [3.8, 4) is 5.75 Å².